The van der Waals surface area contributed by atoms with Crippen LogP contribution < -0.4 is 26.6 Å². The van der Waals surface area contributed by atoms with E-state index < -0.39 is 60.6 Å². The molecule has 69 heavy (non-hydrogen) atoms. The third kappa shape index (κ3) is 23.6. The number of nitrogens with zero attached hydrogens (tertiary/aromatic N) is 6. The number of unbranched alkanes of at least 4 members (excludes halogenated alkanes) is 2. The fraction of sp³-hybridized carbons (Fsp3) is 0.480. The van der Waals surface area contributed by atoms with E-state index in [-0.39, 0.29) is 25.2 Å². The van der Waals surface area contributed by atoms with Crippen LogP contribution in [0.3, 0.4) is 0 Å². The van der Waals surface area contributed by atoms with Crippen molar-refractivity contribution in [2.24, 2.45) is 0 Å². The van der Waals surface area contributed by atoms with Gasteiger partial charge >= 0.3 is 12.1 Å². The summed E-state index contributed by atoms with van der Waals surface area (Å²) in [6, 6.07) is 20.8. The van der Waals surface area contributed by atoms with E-state index in [4.69, 9.17) is 9.47 Å². The molecule has 0 aliphatic carbocycles. The molecule has 0 saturated heterocycles. The van der Waals surface area contributed by atoms with Crippen LogP contribution in [0.4, 0.5) is 4.79 Å². The third-order valence-corrected chi connectivity index (χ3v) is 10.5. The maximum absolute atomic E-state index is 13.9. The molecule has 4 aromatic rings. The quantitative estimate of drug-likeness (QED) is 0.0367. The minimum Gasteiger partial charge on any atom is -0.468 e. The summed E-state index contributed by atoms with van der Waals surface area (Å²) >= 11 is 0. The molecule has 0 saturated carbocycles. The second-order valence-electron chi connectivity index (χ2n) is 17.5. The lowest BCUT2D eigenvalue weighted by atomic mass is 10.1. The first-order valence-electron chi connectivity index (χ1n) is 23.5. The van der Waals surface area contributed by atoms with E-state index in [0.717, 1.165) is 22.8 Å². The summed E-state index contributed by atoms with van der Waals surface area (Å²) in [5.74, 6) is -2.78. The number of carbonyl (C=O) groups excluding carboxylic acids is 6. The van der Waals surface area contributed by atoms with Crippen molar-refractivity contribution in [3.63, 3.8) is 0 Å². The van der Waals surface area contributed by atoms with E-state index >= 15 is 0 Å². The normalized spacial score (nSPS) is 12.1. The summed E-state index contributed by atoms with van der Waals surface area (Å²) in [5.41, 5.74) is 2.84. The molecule has 0 bridgehead atoms. The number of hydrogen-bond donors (Lipinski definition) is 5. The van der Waals surface area contributed by atoms with Crippen LogP contribution in [0.15, 0.2) is 97.6 Å². The van der Waals surface area contributed by atoms with Gasteiger partial charge in [-0.1, -0.05) is 30.7 Å². The fourth-order valence-corrected chi connectivity index (χ4v) is 7.14. The first kappa shape index (κ1) is 54.7. The van der Waals surface area contributed by atoms with Crippen LogP contribution in [0, 0.1) is 0 Å². The highest BCUT2D eigenvalue weighted by atomic mass is 16.6. The van der Waals surface area contributed by atoms with Crippen molar-refractivity contribution in [1.29, 1.82) is 0 Å². The van der Waals surface area contributed by atoms with Gasteiger partial charge in [0, 0.05) is 63.9 Å². The van der Waals surface area contributed by atoms with Crippen LogP contribution in [-0.2, 0) is 59.6 Å². The molecule has 0 aliphatic rings. The molecule has 0 aromatic carbocycles. The van der Waals surface area contributed by atoms with E-state index in [0.29, 0.717) is 77.9 Å². The van der Waals surface area contributed by atoms with E-state index in [1.54, 1.807) is 45.6 Å². The van der Waals surface area contributed by atoms with Crippen molar-refractivity contribution in [3.05, 3.63) is 120 Å². The average molecular weight is 952 g/mol. The van der Waals surface area contributed by atoms with Crippen LogP contribution in [0.2, 0.25) is 0 Å². The highest BCUT2D eigenvalue weighted by Gasteiger charge is 2.25. The summed E-state index contributed by atoms with van der Waals surface area (Å²) in [6.07, 6.45) is 9.79. The van der Waals surface area contributed by atoms with Crippen molar-refractivity contribution < 1.29 is 38.2 Å². The molecule has 0 aliphatic heterocycles. The maximum Gasteiger partial charge on any atom is 0.407 e. The van der Waals surface area contributed by atoms with Crippen LogP contribution >= 0.6 is 0 Å². The van der Waals surface area contributed by atoms with Gasteiger partial charge in [-0.2, -0.15) is 0 Å². The Labute approximate surface area is 405 Å². The molecule has 5 N–H and O–H groups in total. The molecule has 0 radical (unpaired) electrons. The summed E-state index contributed by atoms with van der Waals surface area (Å²) in [4.78, 5) is 100. The number of pyridine rings is 4. The van der Waals surface area contributed by atoms with Crippen molar-refractivity contribution in [3.8, 4) is 0 Å². The third-order valence-electron chi connectivity index (χ3n) is 10.5. The number of nitrogens with one attached hydrogen (secondary N) is 5. The van der Waals surface area contributed by atoms with Gasteiger partial charge in [-0.15, -0.1) is 0 Å². The van der Waals surface area contributed by atoms with Crippen LogP contribution in [0.1, 0.15) is 94.9 Å². The molecule has 19 heteroatoms. The molecular weight excluding hydrogens is 883 g/mol. The number of alkyl carbamates (subject to hydrolysis) is 1. The van der Waals surface area contributed by atoms with Gasteiger partial charge in [0.05, 0.1) is 36.4 Å². The summed E-state index contributed by atoms with van der Waals surface area (Å²) < 4.78 is 9.96. The van der Waals surface area contributed by atoms with Crippen molar-refractivity contribution in [2.45, 2.75) is 116 Å². The highest BCUT2D eigenvalue weighted by Crippen LogP contribution is 2.13. The Balaban J connectivity index is 1.39. The van der Waals surface area contributed by atoms with Crippen molar-refractivity contribution in [2.75, 3.05) is 39.8 Å². The van der Waals surface area contributed by atoms with Gasteiger partial charge in [0.15, 0.2) is 0 Å². The first-order valence-corrected chi connectivity index (χ1v) is 23.5. The Bertz CT molecular complexity index is 2070. The minimum absolute atomic E-state index is 0.145. The van der Waals surface area contributed by atoms with Gasteiger partial charge in [-0.25, -0.2) is 4.79 Å². The Kier molecular flexibility index (Phi) is 24.2. The lowest BCUT2D eigenvalue weighted by Gasteiger charge is -2.24. The molecular formula is C50H69N11O8. The van der Waals surface area contributed by atoms with Gasteiger partial charge in [0.2, 0.25) is 23.6 Å². The van der Waals surface area contributed by atoms with Gasteiger partial charge in [-0.05, 0) is 121 Å². The fourth-order valence-electron chi connectivity index (χ4n) is 7.14. The van der Waals surface area contributed by atoms with Gasteiger partial charge in [0.25, 0.3) is 0 Å². The number of ether oxygens (including phenoxy) is 2. The predicted molar refractivity (Wildman–Crippen MR) is 258 cm³/mol. The number of methoxy groups -OCH3 is 1. The molecule has 4 rings (SSSR count). The van der Waals surface area contributed by atoms with Crippen molar-refractivity contribution >= 4 is 35.7 Å². The zero-order valence-electron chi connectivity index (χ0n) is 40.4. The second kappa shape index (κ2) is 30.5. The Morgan fingerprint density at radius 1 is 0.551 bits per heavy atom. The lowest BCUT2D eigenvalue weighted by Crippen LogP contribution is -2.52. The molecule has 372 valence electrons. The molecule has 2 atom stereocenters. The number of amides is 5. The Morgan fingerprint density at radius 3 is 1.39 bits per heavy atom. The monoisotopic (exact) mass is 952 g/mol. The molecule has 0 spiro atoms. The van der Waals surface area contributed by atoms with Crippen LogP contribution in [0.25, 0.3) is 0 Å². The average Bonchev–Trinajstić information content (AvgIpc) is 3.33. The molecule has 5 amide bonds. The lowest BCUT2D eigenvalue weighted by molar-refractivity contribution is -0.141. The first-order chi connectivity index (χ1) is 33.3. The minimum atomic E-state index is -1.05. The second-order valence-corrected chi connectivity index (χ2v) is 17.5. The smallest absolute Gasteiger partial charge is 0.407 e. The van der Waals surface area contributed by atoms with Crippen LogP contribution in [0.5, 0.6) is 0 Å². The highest BCUT2D eigenvalue weighted by molar-refractivity contribution is 5.93. The van der Waals surface area contributed by atoms with E-state index in [2.05, 4.69) is 56.3 Å². The zero-order valence-corrected chi connectivity index (χ0v) is 40.4. The summed E-state index contributed by atoms with van der Waals surface area (Å²) in [7, 11) is 1.21. The number of aromatic nitrogens is 4. The van der Waals surface area contributed by atoms with E-state index in [9.17, 15) is 28.8 Å². The molecule has 4 aromatic heterocycles. The summed E-state index contributed by atoms with van der Waals surface area (Å²) in [5, 5.41) is 13.5. The van der Waals surface area contributed by atoms with Gasteiger partial charge < -0.3 is 36.1 Å². The molecule has 19 nitrogen and oxygen atoms in total. The SMILES string of the molecule is COC(=O)CNC(=O)[C@@H](CCCN(Cc1ccccn1)Cc1ccccn1)NC(=O)CNC(=O)[C@@H](CCCN(Cc1ccccn1)Cc1ccccn1)NC(=O)CCCCCNC(=O)OC(C)(C)C. The standard InChI is InChI=1S/C50H69N11O8/c1-50(2,3)69-49(67)55-29-11-5-6-24-44(62)58-42(22-16-30-60(34-38-18-7-12-25-51-38)35-39-19-8-13-26-52-39)47(65)56-32-45(63)59-43(48(66)57-33-46(64)68-4)23-17-31-61(36-40-20-9-14-27-53-40)37-41-21-10-15-28-54-41/h7-10,12-15,18-21,25-28,42-43H,5-6,11,16-17,22-24,29-37H2,1-4H3,(H,55,67)(H,56,65)(H,57,66)(H,58,62)(H,59,63)/t42-,43-/m1/s1. The van der Waals surface area contributed by atoms with Gasteiger partial charge in [-0.3, -0.25) is 53.7 Å². The zero-order chi connectivity index (χ0) is 49.7. The molecule has 4 heterocycles. The van der Waals surface area contributed by atoms with E-state index in [1.165, 1.54) is 7.11 Å². The topological polar surface area (TPSA) is 239 Å². The number of rotatable bonds is 30. The molecule has 0 unspecified atom stereocenters. The largest absolute Gasteiger partial charge is 0.468 e. The Hall–Kier alpha value is -6.86. The number of esters is 1. The van der Waals surface area contributed by atoms with Gasteiger partial charge in [0.1, 0.15) is 24.2 Å². The Morgan fingerprint density at radius 2 is 0.986 bits per heavy atom. The summed E-state index contributed by atoms with van der Waals surface area (Å²) in [6.45, 7) is 8.05. The van der Waals surface area contributed by atoms with Crippen LogP contribution in [-0.4, -0.2) is 123 Å². The predicted octanol–water partition coefficient (Wildman–Crippen LogP) is 3.99. The molecule has 0 fully saturated rings. The van der Waals surface area contributed by atoms with E-state index in [1.807, 2.05) is 72.8 Å². The van der Waals surface area contributed by atoms with Crippen molar-refractivity contribution in [1.82, 2.24) is 56.3 Å². The number of hydrogen-bond acceptors (Lipinski definition) is 14. The number of carbonyl (C=O) groups is 6. The maximum atomic E-state index is 13.9.